The summed E-state index contributed by atoms with van der Waals surface area (Å²) in [7, 11) is 1.34. The average Bonchev–Trinajstić information content (AvgIpc) is 2.15. The van der Waals surface area contributed by atoms with Gasteiger partial charge in [-0.1, -0.05) is 27.5 Å². The predicted molar refractivity (Wildman–Crippen MR) is 62.3 cm³/mol. The van der Waals surface area contributed by atoms with Gasteiger partial charge in [0.05, 0.1) is 17.7 Å². The standard InChI is InChI=1S/C9H8BrClO2S/c1-13-9(12)8-6(11)3-5(10)4-7(8)14-2/h3-4H,1-2H3. The fourth-order valence-electron chi connectivity index (χ4n) is 1.01. The first-order chi connectivity index (χ1) is 6.60. The van der Waals surface area contributed by atoms with E-state index in [1.165, 1.54) is 18.9 Å². The van der Waals surface area contributed by atoms with Crippen LogP contribution in [-0.2, 0) is 4.74 Å². The Hall–Kier alpha value is -0.190. The fraction of sp³-hybridized carbons (Fsp3) is 0.222. The van der Waals surface area contributed by atoms with E-state index in [-0.39, 0.29) is 0 Å². The van der Waals surface area contributed by atoms with Crippen LogP contribution in [0.1, 0.15) is 10.4 Å². The normalized spacial score (nSPS) is 10.0. The molecular formula is C9H8BrClO2S. The number of benzene rings is 1. The second-order valence-corrected chi connectivity index (χ2v) is 4.63. The molecule has 1 aromatic rings. The number of methoxy groups -OCH3 is 1. The van der Waals surface area contributed by atoms with Crippen LogP contribution in [0.5, 0.6) is 0 Å². The molecule has 0 unspecified atom stereocenters. The molecule has 1 aromatic carbocycles. The molecule has 2 nitrogen and oxygen atoms in total. The molecule has 76 valence electrons. The monoisotopic (exact) mass is 294 g/mol. The van der Waals surface area contributed by atoms with Crippen molar-refractivity contribution in [3.8, 4) is 0 Å². The summed E-state index contributed by atoms with van der Waals surface area (Å²) in [5.74, 6) is -0.410. The first-order valence-corrected chi connectivity index (χ1v) is 6.11. The lowest BCUT2D eigenvalue weighted by atomic mass is 10.2. The van der Waals surface area contributed by atoms with Crippen molar-refractivity contribution in [3.63, 3.8) is 0 Å². The average molecular weight is 296 g/mol. The molecule has 0 aromatic heterocycles. The summed E-state index contributed by atoms with van der Waals surface area (Å²) in [5, 5.41) is 0.399. The van der Waals surface area contributed by atoms with Crippen molar-refractivity contribution < 1.29 is 9.53 Å². The number of halogens is 2. The zero-order valence-electron chi connectivity index (χ0n) is 7.64. The summed E-state index contributed by atoms with van der Waals surface area (Å²) in [5.41, 5.74) is 0.421. The number of hydrogen-bond donors (Lipinski definition) is 0. The van der Waals surface area contributed by atoms with E-state index in [4.69, 9.17) is 11.6 Å². The van der Waals surface area contributed by atoms with E-state index in [0.717, 1.165) is 9.37 Å². The zero-order valence-corrected chi connectivity index (χ0v) is 10.8. The molecule has 0 aliphatic rings. The van der Waals surface area contributed by atoms with Gasteiger partial charge in [-0.3, -0.25) is 0 Å². The van der Waals surface area contributed by atoms with Gasteiger partial charge in [0, 0.05) is 9.37 Å². The topological polar surface area (TPSA) is 26.3 Å². The molecule has 0 heterocycles. The van der Waals surface area contributed by atoms with Crippen LogP contribution < -0.4 is 0 Å². The molecule has 0 saturated carbocycles. The summed E-state index contributed by atoms with van der Waals surface area (Å²) < 4.78 is 5.49. The molecular weight excluding hydrogens is 288 g/mol. The van der Waals surface area contributed by atoms with Crippen LogP contribution in [0.3, 0.4) is 0 Å². The summed E-state index contributed by atoms with van der Waals surface area (Å²) in [6.07, 6.45) is 1.88. The van der Waals surface area contributed by atoms with Crippen LogP contribution in [0.2, 0.25) is 5.02 Å². The SMILES string of the molecule is COC(=O)c1c(Cl)cc(Br)cc1SC. The fourth-order valence-corrected chi connectivity index (χ4v) is 2.75. The summed E-state index contributed by atoms with van der Waals surface area (Å²) in [4.78, 5) is 12.2. The van der Waals surface area contributed by atoms with E-state index in [2.05, 4.69) is 20.7 Å². The van der Waals surface area contributed by atoms with Crippen LogP contribution >= 0.6 is 39.3 Å². The van der Waals surface area contributed by atoms with Crippen LogP contribution in [0.4, 0.5) is 0 Å². The van der Waals surface area contributed by atoms with Crippen molar-refractivity contribution in [1.29, 1.82) is 0 Å². The van der Waals surface area contributed by atoms with Gasteiger partial charge in [0.2, 0.25) is 0 Å². The zero-order chi connectivity index (χ0) is 10.7. The predicted octanol–water partition coefficient (Wildman–Crippen LogP) is 3.61. The Kier molecular flexibility index (Phi) is 4.29. The molecule has 0 N–H and O–H groups in total. The van der Waals surface area contributed by atoms with E-state index < -0.39 is 5.97 Å². The van der Waals surface area contributed by atoms with Crippen LogP contribution in [0, 0.1) is 0 Å². The van der Waals surface area contributed by atoms with E-state index in [1.54, 1.807) is 6.07 Å². The van der Waals surface area contributed by atoms with Gasteiger partial charge in [-0.2, -0.15) is 0 Å². The smallest absolute Gasteiger partial charge is 0.340 e. The lowest BCUT2D eigenvalue weighted by Gasteiger charge is -2.07. The van der Waals surface area contributed by atoms with Crippen molar-refractivity contribution in [1.82, 2.24) is 0 Å². The molecule has 1 rings (SSSR count). The van der Waals surface area contributed by atoms with Crippen LogP contribution in [0.25, 0.3) is 0 Å². The van der Waals surface area contributed by atoms with E-state index in [1.807, 2.05) is 12.3 Å². The number of thioether (sulfide) groups is 1. The molecule has 0 amide bonds. The number of ether oxygens (including phenoxy) is 1. The summed E-state index contributed by atoms with van der Waals surface area (Å²) in [6.45, 7) is 0. The van der Waals surface area contributed by atoms with Gasteiger partial charge in [0.15, 0.2) is 0 Å². The Balaban J connectivity index is 3.32. The molecule has 5 heteroatoms. The Morgan fingerprint density at radius 1 is 1.57 bits per heavy atom. The lowest BCUT2D eigenvalue weighted by Crippen LogP contribution is -2.04. The van der Waals surface area contributed by atoms with E-state index in [9.17, 15) is 4.79 Å². The van der Waals surface area contributed by atoms with Crippen molar-refractivity contribution in [2.24, 2.45) is 0 Å². The highest BCUT2D eigenvalue weighted by molar-refractivity contribution is 9.10. The number of carbonyl (C=O) groups is 1. The number of esters is 1. The van der Waals surface area contributed by atoms with Crippen LogP contribution in [-0.4, -0.2) is 19.3 Å². The van der Waals surface area contributed by atoms with Crippen LogP contribution in [0.15, 0.2) is 21.5 Å². The molecule has 14 heavy (non-hydrogen) atoms. The first kappa shape index (κ1) is 11.9. The second-order valence-electron chi connectivity index (χ2n) is 2.46. The number of rotatable bonds is 2. The highest BCUT2D eigenvalue weighted by Crippen LogP contribution is 2.31. The minimum Gasteiger partial charge on any atom is -0.465 e. The minimum atomic E-state index is -0.410. The molecule has 0 bridgehead atoms. The quantitative estimate of drug-likeness (QED) is 0.616. The van der Waals surface area contributed by atoms with Gasteiger partial charge in [-0.25, -0.2) is 4.79 Å². The Morgan fingerprint density at radius 2 is 2.21 bits per heavy atom. The van der Waals surface area contributed by atoms with Gasteiger partial charge >= 0.3 is 5.97 Å². The van der Waals surface area contributed by atoms with Gasteiger partial charge in [-0.15, -0.1) is 11.8 Å². The minimum absolute atomic E-state index is 0.399. The lowest BCUT2D eigenvalue weighted by molar-refractivity contribution is 0.0597. The molecule has 0 spiro atoms. The summed E-state index contributed by atoms with van der Waals surface area (Å²) in [6, 6.07) is 3.51. The Labute approximate surface area is 100 Å². The third kappa shape index (κ3) is 2.43. The maximum atomic E-state index is 11.4. The number of hydrogen-bond acceptors (Lipinski definition) is 3. The van der Waals surface area contributed by atoms with Crippen molar-refractivity contribution in [3.05, 3.63) is 27.2 Å². The highest BCUT2D eigenvalue weighted by Gasteiger charge is 2.16. The highest BCUT2D eigenvalue weighted by atomic mass is 79.9. The third-order valence-corrected chi connectivity index (χ3v) is 3.15. The maximum absolute atomic E-state index is 11.4. The number of carbonyl (C=O) groups excluding carboxylic acids is 1. The van der Waals surface area contributed by atoms with Gasteiger partial charge < -0.3 is 4.74 Å². The molecule has 0 atom stereocenters. The van der Waals surface area contributed by atoms with Crippen molar-refractivity contribution in [2.45, 2.75) is 4.90 Å². The Morgan fingerprint density at radius 3 is 2.71 bits per heavy atom. The largest absolute Gasteiger partial charge is 0.465 e. The second kappa shape index (κ2) is 5.05. The third-order valence-electron chi connectivity index (χ3n) is 1.63. The molecule has 0 aliphatic heterocycles. The molecule has 0 saturated heterocycles. The van der Waals surface area contributed by atoms with Gasteiger partial charge in [0.25, 0.3) is 0 Å². The molecule has 0 fully saturated rings. The van der Waals surface area contributed by atoms with Crippen molar-refractivity contribution in [2.75, 3.05) is 13.4 Å². The molecule has 0 radical (unpaired) electrons. The van der Waals surface area contributed by atoms with Crippen molar-refractivity contribution >= 4 is 45.3 Å². The molecule has 0 aliphatic carbocycles. The Bertz CT molecular complexity index is 368. The van der Waals surface area contributed by atoms with Gasteiger partial charge in [0.1, 0.15) is 0 Å². The van der Waals surface area contributed by atoms with E-state index in [0.29, 0.717) is 10.6 Å². The maximum Gasteiger partial charge on any atom is 0.340 e. The summed E-state index contributed by atoms with van der Waals surface area (Å²) >= 11 is 10.7. The van der Waals surface area contributed by atoms with E-state index >= 15 is 0 Å². The van der Waals surface area contributed by atoms with Gasteiger partial charge in [-0.05, 0) is 18.4 Å². The first-order valence-electron chi connectivity index (χ1n) is 3.71.